The van der Waals surface area contributed by atoms with Crippen LogP contribution in [0.25, 0.3) is 0 Å². The van der Waals surface area contributed by atoms with E-state index in [-0.39, 0.29) is 18.3 Å². The van der Waals surface area contributed by atoms with E-state index in [0.29, 0.717) is 32.6 Å². The lowest BCUT2D eigenvalue weighted by molar-refractivity contribution is -0.132. The zero-order chi connectivity index (χ0) is 12.9. The Balaban J connectivity index is 2.49. The Labute approximate surface area is 103 Å². The minimum absolute atomic E-state index is 0.00518. The van der Waals surface area contributed by atoms with E-state index in [1.807, 2.05) is 6.92 Å². The fraction of sp³-hybridized carbons (Fsp3) is 0.900. The van der Waals surface area contributed by atoms with Crippen LogP contribution in [0.1, 0.15) is 13.3 Å². The molecule has 1 heterocycles. The number of carbonyl (C=O) groups excluding carboxylic acids is 1. The minimum Gasteiger partial charge on any atom is -0.384 e. The molecule has 1 fully saturated rings. The first kappa shape index (κ1) is 14.4. The van der Waals surface area contributed by atoms with Gasteiger partial charge in [0, 0.05) is 39.7 Å². The fourth-order valence-corrected chi connectivity index (χ4v) is 3.11. The highest BCUT2D eigenvalue weighted by Crippen LogP contribution is 2.09. The van der Waals surface area contributed by atoms with Gasteiger partial charge in [-0.1, -0.05) is 6.92 Å². The Morgan fingerprint density at radius 2 is 1.82 bits per heavy atom. The zero-order valence-electron chi connectivity index (χ0n) is 10.4. The van der Waals surface area contributed by atoms with E-state index in [1.165, 1.54) is 11.4 Å². The molecule has 0 aromatic rings. The molecule has 0 bridgehead atoms. The van der Waals surface area contributed by atoms with Crippen LogP contribution >= 0.6 is 0 Å². The second-order valence-corrected chi connectivity index (χ2v) is 6.03. The van der Waals surface area contributed by atoms with Gasteiger partial charge >= 0.3 is 0 Å². The van der Waals surface area contributed by atoms with Gasteiger partial charge in [-0.05, 0) is 0 Å². The average molecular weight is 264 g/mol. The highest BCUT2D eigenvalue weighted by atomic mass is 32.2. The van der Waals surface area contributed by atoms with Crippen molar-refractivity contribution in [1.29, 1.82) is 0 Å². The van der Waals surface area contributed by atoms with Gasteiger partial charge in [0.25, 0.3) is 0 Å². The van der Waals surface area contributed by atoms with Crippen molar-refractivity contribution in [3.05, 3.63) is 0 Å². The second kappa shape index (κ2) is 6.32. The molecule has 1 rings (SSSR count). The Kier molecular flexibility index (Phi) is 5.35. The van der Waals surface area contributed by atoms with Gasteiger partial charge in [-0.3, -0.25) is 4.79 Å². The number of hydrogen-bond donors (Lipinski definition) is 0. The second-order valence-electron chi connectivity index (χ2n) is 3.94. The van der Waals surface area contributed by atoms with Crippen LogP contribution in [0.15, 0.2) is 0 Å². The number of nitrogens with zero attached hydrogens (tertiary/aromatic N) is 2. The number of sulfonamides is 1. The molecule has 0 radical (unpaired) electrons. The normalized spacial score (nSPS) is 18.4. The van der Waals surface area contributed by atoms with Crippen molar-refractivity contribution in [3.8, 4) is 0 Å². The summed E-state index contributed by atoms with van der Waals surface area (Å²) < 4.78 is 29.9. The van der Waals surface area contributed by atoms with Crippen molar-refractivity contribution in [2.24, 2.45) is 0 Å². The number of ether oxygens (including phenoxy) is 1. The largest absolute Gasteiger partial charge is 0.384 e. The first-order valence-corrected chi connectivity index (χ1v) is 7.36. The highest BCUT2D eigenvalue weighted by molar-refractivity contribution is 7.89. The summed E-state index contributed by atoms with van der Waals surface area (Å²) in [5.41, 5.74) is 0. The topological polar surface area (TPSA) is 66.9 Å². The standard InChI is InChI=1S/C10H20N2O4S/c1-3-10(13)11-4-6-12(7-5-11)17(14,15)9-8-16-2/h3-9H2,1-2H3. The van der Waals surface area contributed by atoms with Crippen LogP contribution in [0.2, 0.25) is 0 Å². The molecule has 0 saturated carbocycles. The van der Waals surface area contributed by atoms with Gasteiger partial charge in [-0.2, -0.15) is 4.31 Å². The van der Waals surface area contributed by atoms with Gasteiger partial charge < -0.3 is 9.64 Å². The summed E-state index contributed by atoms with van der Waals surface area (Å²) in [5, 5.41) is 0. The quantitative estimate of drug-likeness (QED) is 0.672. The summed E-state index contributed by atoms with van der Waals surface area (Å²) in [6.45, 7) is 3.76. The Hall–Kier alpha value is -0.660. The number of amides is 1. The van der Waals surface area contributed by atoms with Crippen molar-refractivity contribution in [2.45, 2.75) is 13.3 Å². The van der Waals surface area contributed by atoms with E-state index in [9.17, 15) is 13.2 Å². The van der Waals surface area contributed by atoms with E-state index in [0.717, 1.165) is 0 Å². The molecule has 100 valence electrons. The SMILES string of the molecule is CCC(=O)N1CCN(S(=O)(=O)CCOC)CC1. The van der Waals surface area contributed by atoms with Crippen LogP contribution in [-0.2, 0) is 19.6 Å². The molecule has 0 atom stereocenters. The van der Waals surface area contributed by atoms with Gasteiger partial charge in [0.2, 0.25) is 15.9 Å². The smallest absolute Gasteiger partial charge is 0.222 e. The third kappa shape index (κ3) is 3.93. The number of piperazine rings is 1. The van der Waals surface area contributed by atoms with Crippen molar-refractivity contribution in [2.75, 3.05) is 45.6 Å². The van der Waals surface area contributed by atoms with Gasteiger partial charge in [0.15, 0.2) is 0 Å². The van der Waals surface area contributed by atoms with E-state index in [2.05, 4.69) is 0 Å². The summed E-state index contributed by atoms with van der Waals surface area (Å²) in [6, 6.07) is 0. The first-order valence-electron chi connectivity index (χ1n) is 5.75. The zero-order valence-corrected chi connectivity index (χ0v) is 11.2. The lowest BCUT2D eigenvalue weighted by Gasteiger charge is -2.33. The monoisotopic (exact) mass is 264 g/mol. The molecule has 6 nitrogen and oxygen atoms in total. The molecule has 0 spiro atoms. The minimum atomic E-state index is -3.23. The van der Waals surface area contributed by atoms with E-state index < -0.39 is 10.0 Å². The van der Waals surface area contributed by atoms with Crippen LogP contribution in [0, 0.1) is 0 Å². The molecule has 1 saturated heterocycles. The molecule has 1 amide bonds. The summed E-state index contributed by atoms with van der Waals surface area (Å²) in [4.78, 5) is 13.1. The molecule has 0 aliphatic carbocycles. The number of hydrogen-bond acceptors (Lipinski definition) is 4. The molecular weight excluding hydrogens is 244 g/mol. The fourth-order valence-electron chi connectivity index (χ4n) is 1.76. The molecule has 17 heavy (non-hydrogen) atoms. The maximum atomic E-state index is 11.8. The van der Waals surface area contributed by atoms with Crippen LogP contribution in [-0.4, -0.2) is 69.2 Å². The summed E-state index contributed by atoms with van der Waals surface area (Å²) in [6.07, 6.45) is 0.469. The summed E-state index contributed by atoms with van der Waals surface area (Å²) in [7, 11) is -1.75. The molecule has 7 heteroatoms. The lowest BCUT2D eigenvalue weighted by Crippen LogP contribution is -2.51. The lowest BCUT2D eigenvalue weighted by atomic mass is 10.3. The predicted octanol–water partition coefficient (Wildman–Crippen LogP) is -0.483. The molecule has 0 N–H and O–H groups in total. The molecular formula is C10H20N2O4S. The molecule has 0 unspecified atom stereocenters. The number of carbonyl (C=O) groups is 1. The number of methoxy groups -OCH3 is 1. The predicted molar refractivity (Wildman–Crippen MR) is 64.1 cm³/mol. The van der Waals surface area contributed by atoms with Gasteiger partial charge in [-0.25, -0.2) is 8.42 Å². The number of rotatable bonds is 5. The summed E-state index contributed by atoms with van der Waals surface area (Å²) >= 11 is 0. The van der Waals surface area contributed by atoms with Crippen molar-refractivity contribution < 1.29 is 17.9 Å². The Bertz CT molecular complexity index is 347. The maximum absolute atomic E-state index is 11.8. The van der Waals surface area contributed by atoms with Crippen LogP contribution in [0.4, 0.5) is 0 Å². The molecule has 0 aromatic carbocycles. The van der Waals surface area contributed by atoms with Crippen molar-refractivity contribution in [1.82, 2.24) is 9.21 Å². The van der Waals surface area contributed by atoms with Gasteiger partial charge in [0.1, 0.15) is 0 Å². The maximum Gasteiger partial charge on any atom is 0.222 e. The molecule has 1 aliphatic heterocycles. The van der Waals surface area contributed by atoms with Gasteiger partial charge in [-0.15, -0.1) is 0 Å². The Morgan fingerprint density at radius 1 is 1.24 bits per heavy atom. The van der Waals surface area contributed by atoms with Crippen LogP contribution < -0.4 is 0 Å². The van der Waals surface area contributed by atoms with E-state index >= 15 is 0 Å². The average Bonchev–Trinajstić information content (AvgIpc) is 2.35. The van der Waals surface area contributed by atoms with Gasteiger partial charge in [0.05, 0.1) is 12.4 Å². The summed E-state index contributed by atoms with van der Waals surface area (Å²) in [5.74, 6) is 0.0875. The van der Waals surface area contributed by atoms with Crippen molar-refractivity contribution in [3.63, 3.8) is 0 Å². The van der Waals surface area contributed by atoms with Crippen LogP contribution in [0.3, 0.4) is 0 Å². The third-order valence-corrected chi connectivity index (χ3v) is 4.67. The van der Waals surface area contributed by atoms with Crippen LogP contribution in [0.5, 0.6) is 0 Å². The first-order chi connectivity index (χ1) is 8.01. The molecule has 1 aliphatic rings. The Morgan fingerprint density at radius 3 is 2.29 bits per heavy atom. The van der Waals surface area contributed by atoms with E-state index in [4.69, 9.17) is 4.74 Å². The third-order valence-electron chi connectivity index (χ3n) is 2.83. The molecule has 0 aromatic heterocycles. The highest BCUT2D eigenvalue weighted by Gasteiger charge is 2.27. The van der Waals surface area contributed by atoms with E-state index in [1.54, 1.807) is 4.90 Å². The van der Waals surface area contributed by atoms with Crippen molar-refractivity contribution >= 4 is 15.9 Å².